The quantitative estimate of drug-likeness (QED) is 0.484. The van der Waals surface area contributed by atoms with Gasteiger partial charge in [-0.1, -0.05) is 5.16 Å². The highest BCUT2D eigenvalue weighted by Crippen LogP contribution is 2.35. The molecule has 4 nitrogen and oxygen atoms in total. The van der Waals surface area contributed by atoms with Gasteiger partial charge >= 0.3 is 0 Å². The molecule has 2 heterocycles. The Labute approximate surface area is 87.2 Å². The molecule has 1 aliphatic carbocycles. The highest BCUT2D eigenvalue weighted by molar-refractivity contribution is 6.15. The average molecular weight is 205 g/mol. The van der Waals surface area contributed by atoms with Crippen molar-refractivity contribution in [2.75, 3.05) is 13.2 Å². The largest absolute Gasteiger partial charge is 0.491 e. The molecule has 0 spiro atoms. The van der Waals surface area contributed by atoms with Gasteiger partial charge in [0.1, 0.15) is 12.4 Å². The molecular weight excluding hydrogens is 194 g/mol. The van der Waals surface area contributed by atoms with Gasteiger partial charge in [-0.3, -0.25) is 0 Å². The summed E-state index contributed by atoms with van der Waals surface area (Å²) in [6, 6.07) is 0. The van der Waals surface area contributed by atoms with Crippen LogP contribution in [0.15, 0.2) is 40.0 Å². The summed E-state index contributed by atoms with van der Waals surface area (Å²) in [7, 11) is 0. The summed E-state index contributed by atoms with van der Waals surface area (Å²) in [5, 5.41) is 12.3. The molecule has 78 valence electrons. The highest BCUT2D eigenvalue weighted by Gasteiger charge is 2.31. The van der Waals surface area contributed by atoms with E-state index in [-0.39, 0.29) is 0 Å². The summed E-state index contributed by atoms with van der Waals surface area (Å²) in [4.78, 5) is 0. The zero-order chi connectivity index (χ0) is 10.3. The third-order valence-electron chi connectivity index (χ3n) is 2.80. The lowest BCUT2D eigenvalue weighted by Gasteiger charge is -2.24. The third-order valence-corrected chi connectivity index (χ3v) is 2.80. The fourth-order valence-corrected chi connectivity index (χ4v) is 2.11. The second kappa shape index (κ2) is 3.15. The number of hydrogen-bond donors (Lipinski definition) is 1. The van der Waals surface area contributed by atoms with E-state index in [2.05, 4.69) is 5.16 Å². The van der Waals surface area contributed by atoms with Gasteiger partial charge in [-0.15, -0.1) is 0 Å². The van der Waals surface area contributed by atoms with E-state index in [4.69, 9.17) is 14.7 Å². The number of nitrogens with zero attached hydrogens (tertiary/aromatic N) is 1. The van der Waals surface area contributed by atoms with Gasteiger partial charge in [0.05, 0.1) is 6.61 Å². The number of hydrogen-bond acceptors (Lipinski definition) is 4. The van der Waals surface area contributed by atoms with Crippen LogP contribution in [0.1, 0.15) is 12.8 Å². The maximum atomic E-state index is 9.03. The lowest BCUT2D eigenvalue weighted by atomic mass is 9.93. The van der Waals surface area contributed by atoms with Crippen molar-refractivity contribution in [1.82, 2.24) is 0 Å². The summed E-state index contributed by atoms with van der Waals surface area (Å²) in [6.45, 7) is 1.23. The number of oxime groups is 1. The molecule has 0 unspecified atom stereocenters. The van der Waals surface area contributed by atoms with E-state index in [9.17, 15) is 0 Å². The van der Waals surface area contributed by atoms with Crippen LogP contribution >= 0.6 is 0 Å². The average Bonchev–Trinajstić information content (AvgIpc) is 2.73. The fourth-order valence-electron chi connectivity index (χ4n) is 2.11. The first-order valence-corrected chi connectivity index (χ1v) is 5.04. The minimum Gasteiger partial charge on any atom is -0.491 e. The standard InChI is InChI=1S/C11H11NO3/c13-12-10-8-3-5-14-9(8)6-7-2-1-4-15-11(7)10/h3,6,13H,1-2,4-5H2. The van der Waals surface area contributed by atoms with Crippen LogP contribution in [0.2, 0.25) is 0 Å². The zero-order valence-corrected chi connectivity index (χ0v) is 8.19. The third kappa shape index (κ3) is 1.17. The van der Waals surface area contributed by atoms with Crippen molar-refractivity contribution >= 4 is 5.71 Å². The molecule has 4 heteroatoms. The Morgan fingerprint density at radius 3 is 3.13 bits per heavy atom. The Hall–Kier alpha value is -1.71. The zero-order valence-electron chi connectivity index (χ0n) is 8.19. The number of ether oxygens (including phenoxy) is 2. The van der Waals surface area contributed by atoms with Crippen molar-refractivity contribution in [2.45, 2.75) is 12.8 Å². The molecule has 2 aliphatic heterocycles. The molecule has 0 fully saturated rings. The lowest BCUT2D eigenvalue weighted by molar-refractivity contribution is 0.202. The van der Waals surface area contributed by atoms with Gasteiger partial charge in [0.2, 0.25) is 0 Å². The van der Waals surface area contributed by atoms with Gasteiger partial charge in [0.25, 0.3) is 0 Å². The molecule has 15 heavy (non-hydrogen) atoms. The van der Waals surface area contributed by atoms with Crippen LogP contribution in [0.4, 0.5) is 0 Å². The van der Waals surface area contributed by atoms with E-state index in [1.807, 2.05) is 12.2 Å². The van der Waals surface area contributed by atoms with Gasteiger partial charge in [0, 0.05) is 11.1 Å². The van der Waals surface area contributed by atoms with Crippen LogP contribution in [0.3, 0.4) is 0 Å². The summed E-state index contributed by atoms with van der Waals surface area (Å²) in [6.07, 6.45) is 5.85. The number of rotatable bonds is 0. The topological polar surface area (TPSA) is 51.1 Å². The molecule has 0 saturated carbocycles. The van der Waals surface area contributed by atoms with Crippen LogP contribution in [-0.2, 0) is 9.47 Å². The molecule has 0 bridgehead atoms. The minimum atomic E-state index is 0.514. The molecule has 3 rings (SSSR count). The predicted molar refractivity (Wildman–Crippen MR) is 53.6 cm³/mol. The highest BCUT2D eigenvalue weighted by atomic mass is 16.5. The van der Waals surface area contributed by atoms with Crippen molar-refractivity contribution in [3.8, 4) is 0 Å². The predicted octanol–water partition coefficient (Wildman–Crippen LogP) is 1.74. The monoisotopic (exact) mass is 205 g/mol. The van der Waals surface area contributed by atoms with Gasteiger partial charge < -0.3 is 14.7 Å². The van der Waals surface area contributed by atoms with E-state index in [0.29, 0.717) is 24.7 Å². The molecule has 3 aliphatic rings. The van der Waals surface area contributed by atoms with E-state index >= 15 is 0 Å². The van der Waals surface area contributed by atoms with Crippen LogP contribution in [0.25, 0.3) is 0 Å². The Morgan fingerprint density at radius 2 is 2.27 bits per heavy atom. The molecule has 0 radical (unpaired) electrons. The van der Waals surface area contributed by atoms with Crippen molar-refractivity contribution in [1.29, 1.82) is 0 Å². The van der Waals surface area contributed by atoms with Gasteiger partial charge in [-0.05, 0) is 25.0 Å². The summed E-state index contributed by atoms with van der Waals surface area (Å²) < 4.78 is 11.0. The first kappa shape index (κ1) is 8.59. The molecule has 1 N–H and O–H groups in total. The van der Waals surface area contributed by atoms with E-state index in [1.165, 1.54) is 0 Å². The first-order chi connectivity index (χ1) is 7.40. The smallest absolute Gasteiger partial charge is 0.155 e. The molecule has 0 amide bonds. The summed E-state index contributed by atoms with van der Waals surface area (Å²) in [5.74, 6) is 1.51. The number of allylic oxidation sites excluding steroid dienone is 4. The second-order valence-electron chi connectivity index (χ2n) is 3.69. The Bertz CT molecular complexity index is 426. The molecular formula is C11H11NO3. The Balaban J connectivity index is 2.14. The van der Waals surface area contributed by atoms with Crippen molar-refractivity contribution in [3.05, 3.63) is 34.8 Å². The van der Waals surface area contributed by atoms with Crippen molar-refractivity contribution in [3.63, 3.8) is 0 Å². The minimum absolute atomic E-state index is 0.514. The molecule has 0 aromatic rings. The van der Waals surface area contributed by atoms with Crippen LogP contribution in [0, 0.1) is 0 Å². The molecule has 0 aromatic carbocycles. The van der Waals surface area contributed by atoms with Crippen LogP contribution < -0.4 is 0 Å². The Morgan fingerprint density at radius 1 is 1.33 bits per heavy atom. The Kier molecular flexibility index (Phi) is 1.80. The number of fused-ring (bicyclic) bond motifs is 1. The van der Waals surface area contributed by atoms with Crippen LogP contribution in [-0.4, -0.2) is 24.1 Å². The maximum Gasteiger partial charge on any atom is 0.155 e. The SMILES string of the molecule is ON=C1C2=CCOC2=CC2=C1OCCC2. The van der Waals surface area contributed by atoms with Gasteiger partial charge in [-0.25, -0.2) is 0 Å². The summed E-state index contributed by atoms with van der Waals surface area (Å²) >= 11 is 0. The normalized spacial score (nSPS) is 26.3. The maximum absolute atomic E-state index is 9.03. The molecule has 0 aromatic heterocycles. The van der Waals surface area contributed by atoms with E-state index in [1.54, 1.807) is 0 Å². The molecule has 0 saturated heterocycles. The lowest BCUT2D eigenvalue weighted by Crippen LogP contribution is -2.20. The van der Waals surface area contributed by atoms with Crippen LogP contribution in [0.5, 0.6) is 0 Å². The van der Waals surface area contributed by atoms with Crippen molar-refractivity contribution < 1.29 is 14.7 Å². The van der Waals surface area contributed by atoms with Gasteiger partial charge in [-0.2, -0.15) is 0 Å². The second-order valence-corrected chi connectivity index (χ2v) is 3.69. The summed E-state index contributed by atoms with van der Waals surface area (Å²) in [5.41, 5.74) is 2.43. The van der Waals surface area contributed by atoms with Crippen molar-refractivity contribution in [2.24, 2.45) is 5.16 Å². The molecule has 0 atom stereocenters. The first-order valence-electron chi connectivity index (χ1n) is 5.04. The van der Waals surface area contributed by atoms with E-state index in [0.717, 1.165) is 29.7 Å². The fraction of sp³-hybridized carbons (Fsp3) is 0.364. The van der Waals surface area contributed by atoms with E-state index < -0.39 is 0 Å². The van der Waals surface area contributed by atoms with Gasteiger partial charge in [0.15, 0.2) is 11.5 Å².